The number of benzene rings is 2. The zero-order valence-corrected chi connectivity index (χ0v) is 15.4. The summed E-state index contributed by atoms with van der Waals surface area (Å²) in [5.41, 5.74) is 0.571. The highest BCUT2D eigenvalue weighted by Crippen LogP contribution is 2.35. The van der Waals surface area contributed by atoms with Gasteiger partial charge in [-0.2, -0.15) is 8.42 Å². The van der Waals surface area contributed by atoms with Crippen molar-refractivity contribution >= 4 is 10.1 Å². The topological polar surface area (TPSA) is 71.1 Å². The smallest absolute Gasteiger partial charge is 0.264 e. The quantitative estimate of drug-likeness (QED) is 0.527. The van der Waals surface area contributed by atoms with Crippen molar-refractivity contribution in [1.29, 1.82) is 0 Å². The van der Waals surface area contributed by atoms with Crippen LogP contribution in [0.3, 0.4) is 0 Å². The predicted molar refractivity (Wildman–Crippen MR) is 94.0 cm³/mol. The lowest BCUT2D eigenvalue weighted by atomic mass is 10.0. The fraction of sp³-hybridized carbons (Fsp3) is 0.333. The summed E-state index contributed by atoms with van der Waals surface area (Å²) in [4.78, 5) is 0. The maximum absolute atomic E-state index is 11.5. The van der Waals surface area contributed by atoms with Crippen LogP contribution in [0.25, 0.3) is 0 Å². The maximum atomic E-state index is 11.5. The van der Waals surface area contributed by atoms with E-state index >= 15 is 0 Å². The van der Waals surface area contributed by atoms with Crippen LogP contribution >= 0.6 is 0 Å². The van der Waals surface area contributed by atoms with E-state index in [4.69, 9.17) is 18.4 Å². The van der Waals surface area contributed by atoms with Gasteiger partial charge in [0.05, 0.1) is 6.26 Å². The van der Waals surface area contributed by atoms with Gasteiger partial charge in [-0.1, -0.05) is 30.3 Å². The first-order chi connectivity index (χ1) is 11.8. The van der Waals surface area contributed by atoms with Gasteiger partial charge in [-0.15, -0.1) is 0 Å². The summed E-state index contributed by atoms with van der Waals surface area (Å²) in [6.07, 6.45) is 0.0681. The minimum atomic E-state index is -3.68. The molecule has 2 rings (SSSR count). The molecule has 7 heteroatoms. The average molecular weight is 366 g/mol. The van der Waals surface area contributed by atoms with Gasteiger partial charge in [-0.3, -0.25) is 4.18 Å². The van der Waals surface area contributed by atoms with Crippen LogP contribution in [0, 0.1) is 0 Å². The first-order valence-corrected chi connectivity index (χ1v) is 9.44. The lowest BCUT2D eigenvalue weighted by molar-refractivity contribution is -0.257. The first-order valence-electron chi connectivity index (χ1n) is 7.63. The third kappa shape index (κ3) is 4.79. The molecule has 1 atom stereocenters. The van der Waals surface area contributed by atoms with Crippen molar-refractivity contribution in [3.05, 3.63) is 60.2 Å². The molecule has 0 N–H and O–H groups in total. The van der Waals surface area contributed by atoms with Gasteiger partial charge in [-0.05, 0) is 31.2 Å². The number of rotatable bonds is 8. The molecule has 0 aliphatic heterocycles. The molecule has 136 valence electrons. The highest BCUT2D eigenvalue weighted by Gasteiger charge is 2.41. The number of para-hydroxylation sites is 1. The Hall–Kier alpha value is -1.93. The first kappa shape index (κ1) is 19.4. The number of hydrogen-bond acceptors (Lipinski definition) is 6. The van der Waals surface area contributed by atoms with Crippen molar-refractivity contribution in [2.45, 2.75) is 18.8 Å². The van der Waals surface area contributed by atoms with Crippen LogP contribution in [0.5, 0.6) is 11.5 Å². The number of methoxy groups -OCH3 is 2. The summed E-state index contributed by atoms with van der Waals surface area (Å²) in [6.45, 7) is 1.57. The Kier molecular flexibility index (Phi) is 6.18. The summed E-state index contributed by atoms with van der Waals surface area (Å²) in [6, 6.07) is 16.3. The zero-order chi connectivity index (χ0) is 18.5. The van der Waals surface area contributed by atoms with E-state index in [2.05, 4.69) is 0 Å². The van der Waals surface area contributed by atoms with Crippen molar-refractivity contribution in [3.63, 3.8) is 0 Å². The van der Waals surface area contributed by atoms with Crippen molar-refractivity contribution in [2.75, 3.05) is 20.5 Å². The van der Waals surface area contributed by atoms with Gasteiger partial charge in [0.2, 0.25) is 5.79 Å². The van der Waals surface area contributed by atoms with Crippen LogP contribution in [0.4, 0.5) is 0 Å². The van der Waals surface area contributed by atoms with Crippen molar-refractivity contribution in [3.8, 4) is 11.5 Å². The molecule has 0 amide bonds. The van der Waals surface area contributed by atoms with E-state index in [0.717, 1.165) is 6.26 Å². The molecule has 0 spiro atoms. The molecule has 25 heavy (non-hydrogen) atoms. The second-order valence-corrected chi connectivity index (χ2v) is 7.06. The number of hydrogen-bond donors (Lipinski definition) is 0. The van der Waals surface area contributed by atoms with E-state index in [1.165, 1.54) is 14.2 Å². The number of ether oxygens (including phenoxy) is 3. The molecule has 0 aliphatic carbocycles. The Morgan fingerprint density at radius 3 is 2.08 bits per heavy atom. The second-order valence-electron chi connectivity index (χ2n) is 5.46. The van der Waals surface area contributed by atoms with Gasteiger partial charge in [0.25, 0.3) is 10.1 Å². The Morgan fingerprint density at radius 1 is 0.920 bits per heavy atom. The molecule has 0 aromatic heterocycles. The Bertz CT molecular complexity index is 784. The summed E-state index contributed by atoms with van der Waals surface area (Å²) in [5, 5.41) is 0. The van der Waals surface area contributed by atoms with E-state index < -0.39 is 22.0 Å². The van der Waals surface area contributed by atoms with Crippen LogP contribution in [0.15, 0.2) is 54.6 Å². The third-order valence-corrected chi connectivity index (χ3v) is 4.31. The fourth-order valence-electron chi connectivity index (χ4n) is 2.61. The Balaban J connectivity index is 2.37. The molecular formula is C18H22O6S. The fourth-order valence-corrected chi connectivity index (χ4v) is 3.26. The molecule has 0 saturated heterocycles. The van der Waals surface area contributed by atoms with Crippen LogP contribution in [-0.4, -0.2) is 35.0 Å². The summed E-state index contributed by atoms with van der Waals surface area (Å²) >= 11 is 0. The third-order valence-electron chi connectivity index (χ3n) is 3.68. The van der Waals surface area contributed by atoms with Crippen molar-refractivity contribution in [1.82, 2.24) is 0 Å². The minimum Gasteiger partial charge on any atom is -0.457 e. The molecule has 0 bridgehead atoms. The molecule has 0 fully saturated rings. The van der Waals surface area contributed by atoms with Crippen molar-refractivity contribution < 1.29 is 26.8 Å². The van der Waals surface area contributed by atoms with Crippen LogP contribution in [-0.2, 0) is 29.6 Å². The SMILES string of the molecule is COC(OC)(c1cccc(Oc2ccccc2)c1)C(C)OS(C)(=O)=O. The van der Waals surface area contributed by atoms with Gasteiger partial charge >= 0.3 is 0 Å². The normalized spacial score (nSPS) is 13.4. The summed E-state index contributed by atoms with van der Waals surface area (Å²) in [7, 11) is -0.831. The Morgan fingerprint density at radius 2 is 1.52 bits per heavy atom. The van der Waals surface area contributed by atoms with Gasteiger partial charge in [-0.25, -0.2) is 0 Å². The van der Waals surface area contributed by atoms with Gasteiger partial charge in [0.15, 0.2) is 0 Å². The lowest BCUT2D eigenvalue weighted by Gasteiger charge is -2.35. The molecule has 0 heterocycles. The molecule has 0 saturated carbocycles. The van der Waals surface area contributed by atoms with Crippen LogP contribution in [0.2, 0.25) is 0 Å². The van der Waals surface area contributed by atoms with Gasteiger partial charge < -0.3 is 14.2 Å². The molecule has 6 nitrogen and oxygen atoms in total. The summed E-state index contributed by atoms with van der Waals surface area (Å²) < 4.78 is 44.9. The van der Waals surface area contributed by atoms with Gasteiger partial charge in [0.1, 0.15) is 17.6 Å². The lowest BCUT2D eigenvalue weighted by Crippen LogP contribution is -2.44. The zero-order valence-electron chi connectivity index (χ0n) is 14.6. The predicted octanol–water partition coefficient (Wildman–Crippen LogP) is 3.29. The monoisotopic (exact) mass is 366 g/mol. The van der Waals surface area contributed by atoms with Crippen molar-refractivity contribution in [2.24, 2.45) is 0 Å². The van der Waals surface area contributed by atoms with Crippen LogP contribution in [0.1, 0.15) is 12.5 Å². The molecule has 2 aromatic rings. The van der Waals surface area contributed by atoms with Gasteiger partial charge in [0, 0.05) is 19.8 Å². The van der Waals surface area contributed by atoms with E-state index in [-0.39, 0.29) is 0 Å². The van der Waals surface area contributed by atoms with E-state index in [0.29, 0.717) is 17.1 Å². The average Bonchev–Trinajstić information content (AvgIpc) is 2.56. The Labute approximate surface area is 148 Å². The van der Waals surface area contributed by atoms with Crippen LogP contribution < -0.4 is 4.74 Å². The highest BCUT2D eigenvalue weighted by atomic mass is 32.2. The molecule has 0 aliphatic rings. The minimum absolute atomic E-state index is 0.564. The maximum Gasteiger partial charge on any atom is 0.264 e. The van der Waals surface area contributed by atoms with E-state index in [1.54, 1.807) is 31.2 Å². The second kappa shape index (κ2) is 7.97. The molecule has 1 unspecified atom stereocenters. The molecular weight excluding hydrogens is 344 g/mol. The highest BCUT2D eigenvalue weighted by molar-refractivity contribution is 7.86. The van der Waals surface area contributed by atoms with E-state index in [9.17, 15) is 8.42 Å². The largest absolute Gasteiger partial charge is 0.457 e. The molecule has 0 radical (unpaired) electrons. The van der Waals surface area contributed by atoms with E-state index in [1.807, 2.05) is 30.3 Å². The summed E-state index contributed by atoms with van der Waals surface area (Å²) in [5.74, 6) is -0.159. The molecule has 2 aromatic carbocycles. The standard InChI is InChI=1S/C18H22O6S/c1-14(24-25(4,19)20)18(21-2,22-3)15-9-8-12-17(13-15)23-16-10-6-5-7-11-16/h5-14H,1-4H3.